The first-order valence-corrected chi connectivity index (χ1v) is 6.35. The summed E-state index contributed by atoms with van der Waals surface area (Å²) in [6.07, 6.45) is -2.61. The van der Waals surface area contributed by atoms with Gasteiger partial charge in [-0.2, -0.15) is 13.2 Å². The van der Waals surface area contributed by atoms with Crippen LogP contribution in [0.15, 0.2) is 0 Å². The minimum absolute atomic E-state index is 0.190. The molecule has 2 unspecified atom stereocenters. The summed E-state index contributed by atoms with van der Waals surface area (Å²) >= 11 is 0. The summed E-state index contributed by atoms with van der Waals surface area (Å²) in [6.45, 7) is 1.01. The fourth-order valence-corrected chi connectivity index (χ4v) is 2.34. The fraction of sp³-hybridized carbons (Fsp3) is 0.917. The van der Waals surface area contributed by atoms with E-state index in [0.29, 0.717) is 6.42 Å². The third-order valence-corrected chi connectivity index (χ3v) is 3.27. The van der Waals surface area contributed by atoms with Crippen molar-refractivity contribution in [3.8, 4) is 0 Å². The zero-order valence-corrected chi connectivity index (χ0v) is 11.2. The van der Waals surface area contributed by atoms with Gasteiger partial charge >= 0.3 is 12.1 Å². The van der Waals surface area contributed by atoms with Gasteiger partial charge in [0, 0.05) is 13.0 Å². The molecule has 19 heavy (non-hydrogen) atoms. The Balaban J connectivity index is 2.77. The van der Waals surface area contributed by atoms with Crippen LogP contribution < -0.4 is 5.32 Å². The highest BCUT2D eigenvalue weighted by molar-refractivity contribution is 5.81. The van der Waals surface area contributed by atoms with E-state index in [4.69, 9.17) is 4.74 Å². The number of alkyl halides is 3. The molecular formula is C12H20F3NO3. The number of carbonyl (C=O) groups excluding carboxylic acids is 1. The minimum Gasteiger partial charge on any atom is -0.468 e. The van der Waals surface area contributed by atoms with E-state index in [0.717, 1.165) is 6.42 Å². The van der Waals surface area contributed by atoms with Gasteiger partial charge < -0.3 is 9.47 Å². The Morgan fingerprint density at radius 2 is 2.21 bits per heavy atom. The Morgan fingerprint density at radius 3 is 2.74 bits per heavy atom. The molecule has 0 aliphatic carbocycles. The van der Waals surface area contributed by atoms with Crippen molar-refractivity contribution < 1.29 is 27.4 Å². The molecule has 4 nitrogen and oxygen atoms in total. The van der Waals surface area contributed by atoms with E-state index >= 15 is 0 Å². The Bertz CT molecular complexity index is 307. The molecule has 0 saturated carbocycles. The van der Waals surface area contributed by atoms with E-state index < -0.39 is 24.2 Å². The molecule has 1 saturated heterocycles. The summed E-state index contributed by atoms with van der Waals surface area (Å²) in [5.41, 5.74) is -1.29. The molecule has 1 aliphatic rings. The van der Waals surface area contributed by atoms with Crippen molar-refractivity contribution in [1.82, 2.24) is 5.32 Å². The largest absolute Gasteiger partial charge is 0.468 e. The first-order chi connectivity index (χ1) is 8.83. The van der Waals surface area contributed by atoms with Gasteiger partial charge in [0.05, 0.1) is 19.8 Å². The molecule has 1 fully saturated rings. The molecule has 0 amide bonds. The maximum atomic E-state index is 12.3. The first-order valence-electron chi connectivity index (χ1n) is 6.35. The summed E-state index contributed by atoms with van der Waals surface area (Å²) in [7, 11) is 1.18. The molecular weight excluding hydrogens is 263 g/mol. The van der Waals surface area contributed by atoms with Crippen molar-refractivity contribution in [1.29, 1.82) is 0 Å². The Kier molecular flexibility index (Phi) is 5.61. The number of ether oxygens (including phenoxy) is 2. The average molecular weight is 283 g/mol. The van der Waals surface area contributed by atoms with Gasteiger partial charge in [-0.05, 0) is 12.8 Å². The molecule has 0 spiro atoms. The highest BCUT2D eigenvalue weighted by atomic mass is 19.4. The van der Waals surface area contributed by atoms with Gasteiger partial charge in [-0.1, -0.05) is 13.3 Å². The van der Waals surface area contributed by atoms with Gasteiger partial charge in [-0.3, -0.25) is 10.1 Å². The second kappa shape index (κ2) is 6.56. The molecule has 0 aromatic rings. The lowest BCUT2D eigenvalue weighted by Crippen LogP contribution is -2.59. The molecule has 112 valence electrons. The lowest BCUT2D eigenvalue weighted by atomic mass is 9.85. The van der Waals surface area contributed by atoms with Crippen LogP contribution in [0.3, 0.4) is 0 Å². The molecule has 1 heterocycles. The summed E-state index contributed by atoms with van der Waals surface area (Å²) in [6, 6.07) is 0. The predicted molar refractivity (Wildman–Crippen MR) is 62.7 cm³/mol. The third kappa shape index (κ3) is 4.65. The van der Waals surface area contributed by atoms with Crippen molar-refractivity contribution in [3.05, 3.63) is 0 Å². The van der Waals surface area contributed by atoms with Crippen molar-refractivity contribution in [2.24, 2.45) is 0 Å². The van der Waals surface area contributed by atoms with Crippen LogP contribution in [0, 0.1) is 0 Å². The van der Waals surface area contributed by atoms with Gasteiger partial charge in [-0.15, -0.1) is 0 Å². The quantitative estimate of drug-likeness (QED) is 0.784. The van der Waals surface area contributed by atoms with Gasteiger partial charge in [0.1, 0.15) is 5.54 Å². The van der Waals surface area contributed by atoms with E-state index in [1.54, 1.807) is 0 Å². The molecule has 1 aliphatic heterocycles. The zero-order valence-electron chi connectivity index (χ0n) is 11.2. The Hall–Kier alpha value is -0.820. The minimum atomic E-state index is -4.36. The molecule has 7 heteroatoms. The van der Waals surface area contributed by atoms with Crippen LogP contribution in [0.4, 0.5) is 13.2 Å². The van der Waals surface area contributed by atoms with Crippen molar-refractivity contribution in [3.63, 3.8) is 0 Å². The lowest BCUT2D eigenvalue weighted by Gasteiger charge is -2.39. The normalized spacial score (nSPS) is 28.2. The van der Waals surface area contributed by atoms with Crippen LogP contribution in [0.25, 0.3) is 0 Å². The summed E-state index contributed by atoms with van der Waals surface area (Å²) in [5.74, 6) is -0.652. The van der Waals surface area contributed by atoms with E-state index in [1.807, 2.05) is 6.92 Å². The molecule has 1 rings (SSSR count). The summed E-state index contributed by atoms with van der Waals surface area (Å²) in [5, 5.41) is 2.33. The summed E-state index contributed by atoms with van der Waals surface area (Å²) in [4.78, 5) is 11.8. The Labute approximate surface area is 110 Å². The first kappa shape index (κ1) is 16.2. The number of carbonyl (C=O) groups is 1. The van der Waals surface area contributed by atoms with Crippen LogP contribution >= 0.6 is 0 Å². The molecule has 0 bridgehead atoms. The third-order valence-electron chi connectivity index (χ3n) is 3.27. The molecule has 0 radical (unpaired) electrons. The summed E-state index contributed by atoms with van der Waals surface area (Å²) < 4.78 is 47.2. The number of rotatable bonds is 5. The van der Waals surface area contributed by atoms with Crippen LogP contribution in [-0.4, -0.2) is 44.0 Å². The number of hydrogen-bond acceptors (Lipinski definition) is 4. The fourth-order valence-electron chi connectivity index (χ4n) is 2.34. The van der Waals surface area contributed by atoms with E-state index in [1.165, 1.54) is 7.11 Å². The number of halogens is 3. The van der Waals surface area contributed by atoms with Crippen molar-refractivity contribution in [2.75, 3.05) is 20.3 Å². The van der Waals surface area contributed by atoms with E-state index in [2.05, 4.69) is 10.1 Å². The maximum Gasteiger partial charge on any atom is 0.401 e. The predicted octanol–water partition coefficient (Wildman–Crippen LogP) is 2.03. The highest BCUT2D eigenvalue weighted by Crippen LogP contribution is 2.29. The molecule has 0 aromatic heterocycles. The SMILES string of the molecule is CCCC1CC(NCC(F)(F)F)(C(=O)OC)CCO1. The second-order valence-electron chi connectivity index (χ2n) is 4.78. The lowest BCUT2D eigenvalue weighted by molar-refractivity contribution is -0.162. The Morgan fingerprint density at radius 1 is 1.53 bits per heavy atom. The van der Waals surface area contributed by atoms with Crippen LogP contribution in [-0.2, 0) is 14.3 Å². The molecule has 1 N–H and O–H groups in total. The maximum absolute atomic E-state index is 12.3. The average Bonchev–Trinajstić information content (AvgIpc) is 2.35. The smallest absolute Gasteiger partial charge is 0.401 e. The van der Waals surface area contributed by atoms with Crippen LogP contribution in [0.1, 0.15) is 32.6 Å². The highest BCUT2D eigenvalue weighted by Gasteiger charge is 2.46. The number of methoxy groups -OCH3 is 1. The number of esters is 1. The zero-order chi connectivity index (χ0) is 14.5. The van der Waals surface area contributed by atoms with Gasteiger partial charge in [0.25, 0.3) is 0 Å². The van der Waals surface area contributed by atoms with E-state index in [9.17, 15) is 18.0 Å². The topological polar surface area (TPSA) is 47.6 Å². The standard InChI is InChI=1S/C12H20F3NO3/c1-3-4-9-7-11(5-6-19-9,10(17)18-2)16-8-12(13,14)15/h9,16H,3-8H2,1-2H3. The van der Waals surface area contributed by atoms with Gasteiger partial charge in [0.15, 0.2) is 0 Å². The second-order valence-corrected chi connectivity index (χ2v) is 4.78. The van der Waals surface area contributed by atoms with Crippen LogP contribution in [0.2, 0.25) is 0 Å². The van der Waals surface area contributed by atoms with Gasteiger partial charge in [0.2, 0.25) is 0 Å². The molecule has 0 aromatic carbocycles. The van der Waals surface area contributed by atoms with E-state index in [-0.39, 0.29) is 25.6 Å². The van der Waals surface area contributed by atoms with Crippen molar-refractivity contribution >= 4 is 5.97 Å². The molecule has 2 atom stereocenters. The van der Waals surface area contributed by atoms with Gasteiger partial charge in [-0.25, -0.2) is 0 Å². The van der Waals surface area contributed by atoms with Crippen LogP contribution in [0.5, 0.6) is 0 Å². The number of nitrogens with one attached hydrogen (secondary N) is 1. The van der Waals surface area contributed by atoms with Crippen molar-refractivity contribution in [2.45, 2.75) is 50.4 Å². The monoisotopic (exact) mass is 283 g/mol. The number of hydrogen-bond donors (Lipinski definition) is 1.